The van der Waals surface area contributed by atoms with E-state index in [2.05, 4.69) is 5.32 Å². The Bertz CT molecular complexity index is 659. The third-order valence-electron chi connectivity index (χ3n) is 2.75. The maximum atomic E-state index is 11.1. The Hall–Kier alpha value is -1.79. The Balaban J connectivity index is 2.12. The zero-order valence-electron chi connectivity index (χ0n) is 10.8. The zero-order valence-corrected chi connectivity index (χ0v) is 11.6. The molecule has 0 aliphatic carbocycles. The minimum absolute atomic E-state index is 0.00552. The third-order valence-corrected chi connectivity index (χ3v) is 3.68. The molecule has 1 aromatic carbocycles. The summed E-state index contributed by atoms with van der Waals surface area (Å²) in [6.45, 7) is 3.85. The fraction of sp³-hybridized carbons (Fsp3) is 0.231. The van der Waals surface area contributed by atoms with Crippen LogP contribution >= 0.6 is 0 Å². The van der Waals surface area contributed by atoms with Gasteiger partial charge in [0.25, 0.3) is 0 Å². The van der Waals surface area contributed by atoms with Gasteiger partial charge >= 0.3 is 0 Å². The number of aryl methyl sites for hydroxylation is 1. The van der Waals surface area contributed by atoms with E-state index < -0.39 is 10.0 Å². The summed E-state index contributed by atoms with van der Waals surface area (Å²) < 4.78 is 27.8. The molecule has 0 saturated carbocycles. The van der Waals surface area contributed by atoms with Crippen molar-refractivity contribution in [1.29, 1.82) is 0 Å². The molecule has 3 N–H and O–H groups in total. The molecule has 2 aromatic rings. The van der Waals surface area contributed by atoms with Gasteiger partial charge in [-0.1, -0.05) is 0 Å². The first-order chi connectivity index (χ1) is 8.86. The highest BCUT2D eigenvalue weighted by Crippen LogP contribution is 2.21. The Morgan fingerprint density at radius 1 is 1.16 bits per heavy atom. The number of hydrogen-bond donors (Lipinski definition) is 2. The summed E-state index contributed by atoms with van der Waals surface area (Å²) in [5.41, 5.74) is 0.800. The first-order valence-corrected chi connectivity index (χ1v) is 7.36. The van der Waals surface area contributed by atoms with Gasteiger partial charge in [-0.2, -0.15) is 0 Å². The van der Waals surface area contributed by atoms with Crippen LogP contribution in [0.2, 0.25) is 0 Å². The van der Waals surface area contributed by atoms with E-state index in [4.69, 9.17) is 9.56 Å². The normalized spacial score (nSPS) is 13.2. The molecule has 1 heterocycles. The number of nitrogens with two attached hydrogens (primary N) is 1. The second-order valence-corrected chi connectivity index (χ2v) is 5.95. The summed E-state index contributed by atoms with van der Waals surface area (Å²) in [6, 6.07) is 10.1. The average molecular weight is 280 g/mol. The molecule has 0 saturated heterocycles. The first kappa shape index (κ1) is 13.6. The molecule has 102 valence electrons. The summed E-state index contributed by atoms with van der Waals surface area (Å²) in [6.07, 6.45) is 0. The number of furan rings is 1. The lowest BCUT2D eigenvalue weighted by atomic mass is 10.2. The quantitative estimate of drug-likeness (QED) is 0.900. The van der Waals surface area contributed by atoms with E-state index in [9.17, 15) is 8.42 Å². The van der Waals surface area contributed by atoms with Crippen molar-refractivity contribution in [3.8, 4) is 0 Å². The lowest BCUT2D eigenvalue weighted by molar-refractivity contribution is 0.467. The number of anilines is 1. The van der Waals surface area contributed by atoms with Crippen LogP contribution in [0.25, 0.3) is 0 Å². The molecule has 0 bridgehead atoms. The van der Waals surface area contributed by atoms with Crippen LogP contribution in [0.3, 0.4) is 0 Å². The standard InChI is InChI=1S/C13H16N2O3S/c1-9-3-8-13(18-9)10(2)15-11-4-6-12(7-5-11)19(14,16)17/h3-8,10,15H,1-2H3,(H2,14,16,17). The minimum Gasteiger partial charge on any atom is -0.464 e. The highest BCUT2D eigenvalue weighted by Gasteiger charge is 2.10. The highest BCUT2D eigenvalue weighted by atomic mass is 32.2. The Morgan fingerprint density at radius 3 is 2.26 bits per heavy atom. The Kier molecular flexibility index (Phi) is 3.64. The zero-order chi connectivity index (χ0) is 14.0. The molecular formula is C13H16N2O3S. The van der Waals surface area contributed by atoms with Crippen molar-refractivity contribution < 1.29 is 12.8 Å². The molecule has 0 fully saturated rings. The van der Waals surface area contributed by atoms with Crippen molar-refractivity contribution >= 4 is 15.7 Å². The van der Waals surface area contributed by atoms with E-state index in [0.29, 0.717) is 0 Å². The van der Waals surface area contributed by atoms with Gasteiger partial charge in [-0.15, -0.1) is 0 Å². The van der Waals surface area contributed by atoms with Gasteiger partial charge in [0.05, 0.1) is 10.9 Å². The van der Waals surface area contributed by atoms with E-state index >= 15 is 0 Å². The number of rotatable bonds is 4. The molecule has 1 unspecified atom stereocenters. The van der Waals surface area contributed by atoms with Crippen molar-refractivity contribution in [2.24, 2.45) is 5.14 Å². The monoisotopic (exact) mass is 280 g/mol. The molecule has 2 rings (SSSR count). The maximum absolute atomic E-state index is 11.1. The van der Waals surface area contributed by atoms with Crippen LogP contribution < -0.4 is 10.5 Å². The summed E-state index contributed by atoms with van der Waals surface area (Å²) in [5.74, 6) is 1.68. The molecule has 0 aliphatic heterocycles. The fourth-order valence-electron chi connectivity index (χ4n) is 1.75. The molecule has 5 nitrogen and oxygen atoms in total. The summed E-state index contributed by atoms with van der Waals surface area (Å²) in [4.78, 5) is 0.0968. The van der Waals surface area contributed by atoms with Crippen LogP contribution in [0.5, 0.6) is 0 Å². The lowest BCUT2D eigenvalue weighted by Crippen LogP contribution is -2.12. The smallest absolute Gasteiger partial charge is 0.238 e. The maximum Gasteiger partial charge on any atom is 0.238 e. The van der Waals surface area contributed by atoms with Crippen molar-refractivity contribution in [3.63, 3.8) is 0 Å². The highest BCUT2D eigenvalue weighted by molar-refractivity contribution is 7.89. The van der Waals surface area contributed by atoms with Gasteiger partial charge < -0.3 is 9.73 Å². The van der Waals surface area contributed by atoms with Gasteiger partial charge in [0.1, 0.15) is 11.5 Å². The average Bonchev–Trinajstić information content (AvgIpc) is 2.75. The molecule has 6 heteroatoms. The van der Waals surface area contributed by atoms with Crippen LogP contribution in [-0.2, 0) is 10.0 Å². The third kappa shape index (κ3) is 3.36. The van der Waals surface area contributed by atoms with Crippen molar-refractivity contribution in [1.82, 2.24) is 0 Å². The van der Waals surface area contributed by atoms with Crippen LogP contribution in [0.4, 0.5) is 5.69 Å². The van der Waals surface area contributed by atoms with Gasteiger partial charge in [0.15, 0.2) is 0 Å². The van der Waals surface area contributed by atoms with E-state index in [1.54, 1.807) is 12.1 Å². The molecule has 1 atom stereocenters. The van der Waals surface area contributed by atoms with Gasteiger partial charge in [0.2, 0.25) is 10.0 Å². The molecule has 0 aliphatic rings. The minimum atomic E-state index is -3.64. The number of hydrogen-bond acceptors (Lipinski definition) is 4. The van der Waals surface area contributed by atoms with Crippen molar-refractivity contribution in [2.45, 2.75) is 24.8 Å². The second kappa shape index (κ2) is 5.07. The van der Waals surface area contributed by atoms with Crippen LogP contribution in [-0.4, -0.2) is 8.42 Å². The SMILES string of the molecule is Cc1ccc(C(C)Nc2ccc(S(N)(=O)=O)cc2)o1. The van der Waals surface area contributed by atoms with E-state index in [1.165, 1.54) is 12.1 Å². The van der Waals surface area contributed by atoms with Crippen LogP contribution in [0.1, 0.15) is 24.5 Å². The Labute approximate surface area is 112 Å². The molecule has 19 heavy (non-hydrogen) atoms. The number of benzene rings is 1. The lowest BCUT2D eigenvalue weighted by Gasteiger charge is -2.13. The summed E-state index contributed by atoms with van der Waals surface area (Å²) >= 11 is 0. The molecule has 0 amide bonds. The van der Waals surface area contributed by atoms with E-state index in [1.807, 2.05) is 26.0 Å². The van der Waals surface area contributed by atoms with Gasteiger partial charge in [0, 0.05) is 5.69 Å². The molecule has 0 radical (unpaired) electrons. The van der Waals surface area contributed by atoms with E-state index in [0.717, 1.165) is 17.2 Å². The van der Waals surface area contributed by atoms with Gasteiger partial charge in [-0.3, -0.25) is 0 Å². The predicted octanol–water partition coefficient (Wildman–Crippen LogP) is 2.41. The topological polar surface area (TPSA) is 85.3 Å². The number of primary sulfonamides is 1. The van der Waals surface area contributed by atoms with Gasteiger partial charge in [-0.05, 0) is 50.2 Å². The Morgan fingerprint density at radius 2 is 1.79 bits per heavy atom. The first-order valence-electron chi connectivity index (χ1n) is 5.82. The molecular weight excluding hydrogens is 264 g/mol. The largest absolute Gasteiger partial charge is 0.464 e. The van der Waals surface area contributed by atoms with Crippen molar-refractivity contribution in [2.75, 3.05) is 5.32 Å². The summed E-state index contributed by atoms with van der Waals surface area (Å²) in [5, 5.41) is 8.26. The van der Waals surface area contributed by atoms with Crippen molar-refractivity contribution in [3.05, 3.63) is 47.9 Å². The van der Waals surface area contributed by atoms with Gasteiger partial charge in [-0.25, -0.2) is 13.6 Å². The van der Waals surface area contributed by atoms with Crippen LogP contribution in [0, 0.1) is 6.92 Å². The van der Waals surface area contributed by atoms with E-state index in [-0.39, 0.29) is 10.9 Å². The fourth-order valence-corrected chi connectivity index (χ4v) is 2.26. The summed E-state index contributed by atoms with van der Waals surface area (Å²) in [7, 11) is -3.64. The van der Waals surface area contributed by atoms with Crippen LogP contribution in [0.15, 0.2) is 45.7 Å². The second-order valence-electron chi connectivity index (χ2n) is 4.38. The predicted molar refractivity (Wildman–Crippen MR) is 73.3 cm³/mol. The number of sulfonamides is 1. The molecule has 1 aromatic heterocycles. The number of nitrogens with one attached hydrogen (secondary N) is 1. The molecule has 0 spiro atoms.